The third-order valence-corrected chi connectivity index (χ3v) is 6.57. The van der Waals surface area contributed by atoms with Crippen molar-refractivity contribution < 1.29 is 0 Å². The molecule has 0 spiro atoms. The van der Waals surface area contributed by atoms with Crippen molar-refractivity contribution >= 4 is 51.1 Å². The van der Waals surface area contributed by atoms with E-state index in [0.717, 1.165) is 0 Å². The summed E-state index contributed by atoms with van der Waals surface area (Å²) in [6, 6.07) is 0. The Bertz CT molecular complexity index is 21.6. The molecule has 0 fully saturated rings. The minimum absolute atomic E-state index is 0.305. The van der Waals surface area contributed by atoms with Crippen LogP contribution < -0.4 is 0 Å². The van der Waals surface area contributed by atoms with Crippen molar-refractivity contribution in [3.8, 4) is 0 Å². The molecule has 0 heterocycles. The molecule has 0 aromatic heterocycles. The molecule has 28 valence electrons. The van der Waals surface area contributed by atoms with Crippen molar-refractivity contribution in [3.05, 3.63) is 0 Å². The van der Waals surface area contributed by atoms with E-state index in [1.165, 1.54) is 4.86 Å². The lowest BCUT2D eigenvalue weighted by molar-refractivity contribution is 4.62. The van der Waals surface area contributed by atoms with Crippen LogP contribution in [0.4, 0.5) is 0 Å². The van der Waals surface area contributed by atoms with E-state index in [1.54, 1.807) is 0 Å². The summed E-state index contributed by atoms with van der Waals surface area (Å²) < 4.78 is 0. The van der Waals surface area contributed by atoms with Gasteiger partial charge in [-0.1, -0.05) is 0 Å². The minimum Gasteiger partial charge on any atom is -0.153 e. The highest BCUT2D eigenvalue weighted by Crippen LogP contribution is 2.37. The van der Waals surface area contributed by atoms with Crippen molar-refractivity contribution in [1.82, 2.24) is 0 Å². The van der Waals surface area contributed by atoms with Crippen LogP contribution in [-0.2, 0) is 0 Å². The quantitative estimate of drug-likeness (QED) is 0.340. The first-order valence-electron chi connectivity index (χ1n) is 1.29. The van der Waals surface area contributed by atoms with Gasteiger partial charge in [-0.05, 0) is 0 Å². The molecule has 0 nitrogen and oxygen atoms in total. The largest absolute Gasteiger partial charge is 0.223 e. The van der Waals surface area contributed by atoms with Crippen LogP contribution >= 0.6 is 38.7 Å². The van der Waals surface area contributed by atoms with Crippen molar-refractivity contribution in [1.29, 1.82) is 0 Å². The first-order valence-corrected chi connectivity index (χ1v) is 6.41. The fourth-order valence-electron chi connectivity index (χ4n) is 0. The molecule has 0 aliphatic rings. The van der Waals surface area contributed by atoms with Gasteiger partial charge in [0.2, 0.25) is 4.86 Å². The topological polar surface area (TPSA) is 0 Å². The predicted molar refractivity (Wildman–Crippen MR) is 46.3 cm³/mol. The molecule has 0 aromatic rings. The molecule has 2 unspecified atom stereocenters. The van der Waals surface area contributed by atoms with Gasteiger partial charge in [-0.2, -0.15) is 7.37 Å². The molecular formula is H5B2IP2. The van der Waals surface area contributed by atoms with Crippen molar-refractivity contribution in [2.75, 3.05) is 0 Å². The van der Waals surface area contributed by atoms with Gasteiger partial charge in [0.05, 0.1) is 0 Å². The van der Waals surface area contributed by atoms with E-state index in [-0.39, 0.29) is 0 Å². The Morgan fingerprint density at radius 3 is 2.20 bits per heavy atom. The van der Waals surface area contributed by atoms with Crippen molar-refractivity contribution in [2.24, 2.45) is 0 Å². The van der Waals surface area contributed by atoms with Crippen LogP contribution in [0.1, 0.15) is 0 Å². The average molecular weight is 216 g/mol. The summed E-state index contributed by atoms with van der Waals surface area (Å²) in [7, 11) is 5.34. The van der Waals surface area contributed by atoms with E-state index in [1.807, 2.05) is 0 Å². The van der Waals surface area contributed by atoms with Crippen LogP contribution in [0.5, 0.6) is 0 Å². The van der Waals surface area contributed by atoms with Crippen LogP contribution in [0.25, 0.3) is 0 Å². The van der Waals surface area contributed by atoms with E-state index in [2.05, 4.69) is 38.9 Å². The Balaban J connectivity index is 2.54. The fraction of sp³-hybridized carbons (Fsp3) is 0. The molecule has 0 aliphatic heterocycles. The predicted octanol–water partition coefficient (Wildman–Crippen LogP) is 0.508. The van der Waals surface area contributed by atoms with Crippen LogP contribution in [0.3, 0.4) is 0 Å². The Morgan fingerprint density at radius 2 is 2.20 bits per heavy atom. The second-order valence-corrected chi connectivity index (χ2v) is 7.32. The van der Waals surface area contributed by atoms with Gasteiger partial charge in [0.1, 0.15) is 7.57 Å². The smallest absolute Gasteiger partial charge is 0.153 e. The maximum atomic E-state index is 2.79. The van der Waals surface area contributed by atoms with Gasteiger partial charge in [-0.3, -0.25) is 0 Å². The molecule has 0 N–H and O–H groups in total. The normalized spacial score (nSPS) is 14.0. The number of hydrogen-bond donors (Lipinski definition) is 0. The van der Waals surface area contributed by atoms with Gasteiger partial charge < -0.3 is 0 Å². The third kappa shape index (κ3) is 5.72. The van der Waals surface area contributed by atoms with Crippen LogP contribution in [0.15, 0.2) is 0 Å². The Labute approximate surface area is 51.1 Å². The fourth-order valence-corrected chi connectivity index (χ4v) is 0. The first-order chi connectivity index (χ1) is 2.27. The highest BCUT2D eigenvalue weighted by atomic mass is 127. The average Bonchev–Trinajstić information content (AvgIpc) is 1.38. The third-order valence-electron chi connectivity index (χ3n) is 0.189. The van der Waals surface area contributed by atoms with Gasteiger partial charge in [0.15, 0.2) is 0 Å². The molecule has 0 amide bonds. The van der Waals surface area contributed by atoms with E-state index >= 15 is 0 Å². The van der Waals surface area contributed by atoms with Gasteiger partial charge >= 0.3 is 0 Å². The van der Waals surface area contributed by atoms with Crippen molar-refractivity contribution in [3.63, 3.8) is 0 Å². The molecule has 0 aromatic carbocycles. The standard InChI is InChI=1S/B2H5IP2/c1-5(4)2-3/h2H,1,4H2. The maximum absolute atomic E-state index is 2.79. The Hall–Kier alpha value is 1.72. The van der Waals surface area contributed by atoms with E-state index in [9.17, 15) is 0 Å². The molecule has 0 aliphatic carbocycles. The molecule has 0 rings (SSSR count). The Kier molecular flexibility index (Phi) is 5.23. The highest BCUT2D eigenvalue weighted by Gasteiger charge is 1.84. The summed E-state index contributed by atoms with van der Waals surface area (Å²) in [5, 5.41) is 0. The molecule has 5 heteroatoms. The zero-order valence-corrected chi connectivity index (χ0v) is 7.32. The van der Waals surface area contributed by atoms with Crippen LogP contribution in [0, 0.1) is 0 Å². The lowest BCUT2D eigenvalue weighted by Gasteiger charge is -1.88. The van der Waals surface area contributed by atoms with E-state index in [0.29, 0.717) is 7.37 Å². The Morgan fingerprint density at radius 1 is 2.00 bits per heavy atom. The van der Waals surface area contributed by atoms with Gasteiger partial charge in [-0.15, -0.1) is 31.3 Å². The minimum atomic E-state index is 0.305. The molecule has 0 saturated carbocycles. The van der Waals surface area contributed by atoms with Gasteiger partial charge in [0.25, 0.3) is 0 Å². The first kappa shape index (κ1) is 6.72. The van der Waals surface area contributed by atoms with Crippen molar-refractivity contribution in [2.45, 2.75) is 0 Å². The summed E-state index contributed by atoms with van der Waals surface area (Å²) >= 11 is 2.39. The molecule has 5 heavy (non-hydrogen) atoms. The van der Waals surface area contributed by atoms with E-state index < -0.39 is 0 Å². The van der Waals surface area contributed by atoms with Gasteiger partial charge in [0, 0.05) is 0 Å². The summed E-state index contributed by atoms with van der Waals surface area (Å²) in [5.74, 6) is 0. The second kappa shape index (κ2) is 3.89. The van der Waals surface area contributed by atoms with Crippen LogP contribution in [-0.4, -0.2) is 12.4 Å². The second-order valence-electron chi connectivity index (χ2n) is 0.877. The molecular weight excluding hydrogens is 210 g/mol. The number of halogens is 1. The molecule has 0 saturated heterocycles. The zero-order chi connectivity index (χ0) is 4.28. The SMILES string of the molecule is BP(P)BI. The van der Waals surface area contributed by atoms with Crippen LogP contribution in [0.2, 0.25) is 0 Å². The maximum Gasteiger partial charge on any atom is 0.223 e. The monoisotopic (exact) mass is 216 g/mol. The lowest BCUT2D eigenvalue weighted by atomic mass is 10.7. The van der Waals surface area contributed by atoms with E-state index in [4.69, 9.17) is 0 Å². The van der Waals surface area contributed by atoms with Gasteiger partial charge in [-0.25, -0.2) is 0 Å². The zero-order valence-electron chi connectivity index (χ0n) is 3.11. The number of hydrogen-bond acceptors (Lipinski definition) is 0. The molecule has 2 atom stereocenters. The summed E-state index contributed by atoms with van der Waals surface area (Å²) in [6.45, 7) is 0. The summed E-state index contributed by atoms with van der Waals surface area (Å²) in [6.07, 6.45) is 0. The lowest BCUT2D eigenvalue weighted by Crippen LogP contribution is -1.60. The highest BCUT2D eigenvalue weighted by molar-refractivity contribution is 14.1. The summed E-state index contributed by atoms with van der Waals surface area (Å²) in [5.41, 5.74) is 0. The molecule has 0 radical (unpaired) electrons. The number of rotatable bonds is 1. The summed E-state index contributed by atoms with van der Waals surface area (Å²) in [4.78, 5) is 1.30. The molecule has 0 bridgehead atoms.